The summed E-state index contributed by atoms with van der Waals surface area (Å²) >= 11 is 0. The Bertz CT molecular complexity index is 599. The minimum absolute atomic E-state index is 0.655. The topological polar surface area (TPSA) is 42.1 Å². The van der Waals surface area contributed by atoms with Crippen molar-refractivity contribution in [2.24, 2.45) is 5.92 Å². The van der Waals surface area contributed by atoms with Gasteiger partial charge >= 0.3 is 0 Å². The van der Waals surface area contributed by atoms with Crippen LogP contribution in [0.1, 0.15) is 47.5 Å². The number of aromatic nitrogens is 4. The monoisotopic (exact) mass is 388 g/mol. The van der Waals surface area contributed by atoms with E-state index in [9.17, 15) is 0 Å². The fourth-order valence-corrected chi connectivity index (χ4v) is 3.83. The van der Waals surface area contributed by atoms with Crippen LogP contribution < -0.4 is 0 Å². The summed E-state index contributed by atoms with van der Waals surface area (Å²) in [5.74, 6) is 0.812. The van der Waals surface area contributed by atoms with Crippen molar-refractivity contribution in [3.63, 3.8) is 0 Å². The van der Waals surface area contributed by atoms with E-state index in [0.717, 1.165) is 25.6 Å². The maximum atomic E-state index is 4.07. The third kappa shape index (κ3) is 7.76. The van der Waals surface area contributed by atoms with Crippen molar-refractivity contribution in [2.45, 2.75) is 72.6 Å². The number of hydrogen-bond donors (Lipinski definition) is 0. The van der Waals surface area contributed by atoms with Crippen LogP contribution in [-0.4, -0.2) is 67.2 Å². The minimum atomic E-state index is 0.655. The zero-order valence-electron chi connectivity index (χ0n) is 18.5. The first kappa shape index (κ1) is 22.6. The summed E-state index contributed by atoms with van der Waals surface area (Å²) in [5.41, 5.74) is 0. The lowest BCUT2D eigenvalue weighted by Gasteiger charge is -2.24. The van der Waals surface area contributed by atoms with E-state index in [1.807, 2.05) is 31.2 Å². The van der Waals surface area contributed by atoms with E-state index in [4.69, 9.17) is 0 Å². The van der Waals surface area contributed by atoms with E-state index >= 15 is 0 Å². The Hall–Kier alpha value is -1.66. The standard InChI is InChI=1S/C11H19N3.C11H21N3/c1-10(2)14-5-3-11(8-14)7-13-6-4-12-9-13;1-4-14(11(2)3)8-5-7-13-9-6-12-10-13/h4,6,9-11H,3,5,7-8H2,1-2H3;6,9-11H,4-5,7-8H2,1-3H3/t11-;/m1./s1. The van der Waals surface area contributed by atoms with Crippen LogP contribution >= 0.6 is 0 Å². The summed E-state index contributed by atoms with van der Waals surface area (Å²) in [5, 5.41) is 0. The fourth-order valence-electron chi connectivity index (χ4n) is 3.83. The summed E-state index contributed by atoms with van der Waals surface area (Å²) < 4.78 is 4.32. The molecule has 1 aliphatic rings. The van der Waals surface area contributed by atoms with Gasteiger partial charge in [0, 0.05) is 63.1 Å². The number of rotatable bonds is 9. The van der Waals surface area contributed by atoms with E-state index in [1.54, 1.807) is 0 Å². The third-order valence-electron chi connectivity index (χ3n) is 5.63. The molecule has 1 atom stereocenters. The van der Waals surface area contributed by atoms with Crippen LogP contribution in [0.2, 0.25) is 0 Å². The van der Waals surface area contributed by atoms with E-state index in [-0.39, 0.29) is 0 Å². The maximum absolute atomic E-state index is 4.07. The van der Waals surface area contributed by atoms with Gasteiger partial charge in [0.1, 0.15) is 0 Å². The number of likely N-dealkylation sites (tertiary alicyclic amines) is 1. The second-order valence-electron chi connectivity index (χ2n) is 8.38. The Morgan fingerprint density at radius 2 is 1.71 bits per heavy atom. The van der Waals surface area contributed by atoms with Gasteiger partial charge in [0.2, 0.25) is 0 Å². The van der Waals surface area contributed by atoms with Crippen molar-refractivity contribution in [3.8, 4) is 0 Å². The van der Waals surface area contributed by atoms with Gasteiger partial charge in [-0.25, -0.2) is 9.97 Å². The predicted molar refractivity (Wildman–Crippen MR) is 116 cm³/mol. The Morgan fingerprint density at radius 3 is 2.21 bits per heavy atom. The quantitative estimate of drug-likeness (QED) is 0.658. The lowest BCUT2D eigenvalue weighted by Crippen LogP contribution is -2.31. The SMILES string of the molecule is CC(C)N1CC[C@H](Cn2ccnc2)C1.CCN(CCCn1ccnc1)C(C)C. The number of imidazole rings is 2. The number of nitrogens with zero attached hydrogens (tertiary/aromatic N) is 6. The van der Waals surface area contributed by atoms with E-state index < -0.39 is 0 Å². The minimum Gasteiger partial charge on any atom is -0.337 e. The van der Waals surface area contributed by atoms with Crippen LogP contribution in [0, 0.1) is 5.92 Å². The largest absolute Gasteiger partial charge is 0.337 e. The lowest BCUT2D eigenvalue weighted by atomic mass is 10.1. The van der Waals surface area contributed by atoms with Crippen LogP contribution in [-0.2, 0) is 13.1 Å². The van der Waals surface area contributed by atoms with Gasteiger partial charge < -0.3 is 18.9 Å². The molecule has 1 fully saturated rings. The Kier molecular flexibility index (Phi) is 9.71. The fraction of sp³-hybridized carbons (Fsp3) is 0.727. The molecule has 0 amide bonds. The second kappa shape index (κ2) is 12.0. The van der Waals surface area contributed by atoms with Gasteiger partial charge in [-0.2, -0.15) is 0 Å². The van der Waals surface area contributed by atoms with Gasteiger partial charge in [-0.05, 0) is 59.5 Å². The van der Waals surface area contributed by atoms with Crippen molar-refractivity contribution >= 4 is 0 Å². The molecule has 3 rings (SSSR count). The molecule has 0 bridgehead atoms. The highest BCUT2D eigenvalue weighted by atomic mass is 15.2. The van der Waals surface area contributed by atoms with Crippen molar-refractivity contribution in [1.82, 2.24) is 28.9 Å². The van der Waals surface area contributed by atoms with Gasteiger partial charge in [-0.15, -0.1) is 0 Å². The molecular formula is C22H40N6. The Balaban J connectivity index is 0.000000200. The molecule has 28 heavy (non-hydrogen) atoms. The smallest absolute Gasteiger partial charge is 0.0946 e. The van der Waals surface area contributed by atoms with Crippen LogP contribution in [0.25, 0.3) is 0 Å². The van der Waals surface area contributed by atoms with Gasteiger partial charge in [-0.3, -0.25) is 0 Å². The van der Waals surface area contributed by atoms with Crippen molar-refractivity contribution < 1.29 is 0 Å². The molecule has 6 heteroatoms. The van der Waals surface area contributed by atoms with Gasteiger partial charge in [-0.1, -0.05) is 6.92 Å². The highest BCUT2D eigenvalue weighted by molar-refractivity contribution is 4.81. The Labute approximate surface area is 171 Å². The first-order valence-corrected chi connectivity index (χ1v) is 10.9. The van der Waals surface area contributed by atoms with Crippen LogP contribution in [0.4, 0.5) is 0 Å². The zero-order valence-corrected chi connectivity index (χ0v) is 18.5. The molecule has 1 aliphatic heterocycles. The molecule has 0 saturated carbocycles. The van der Waals surface area contributed by atoms with Gasteiger partial charge in [0.15, 0.2) is 0 Å². The predicted octanol–water partition coefficient (Wildman–Crippen LogP) is 3.62. The summed E-state index contributed by atoms with van der Waals surface area (Å²) in [4.78, 5) is 13.1. The average molecular weight is 389 g/mol. The molecule has 0 spiro atoms. The molecule has 2 aromatic heterocycles. The van der Waals surface area contributed by atoms with Crippen molar-refractivity contribution in [1.29, 1.82) is 0 Å². The summed E-state index contributed by atoms with van der Waals surface area (Å²) in [7, 11) is 0. The summed E-state index contributed by atoms with van der Waals surface area (Å²) in [6, 6.07) is 1.35. The van der Waals surface area contributed by atoms with E-state index in [2.05, 4.69) is 69.7 Å². The van der Waals surface area contributed by atoms with Crippen LogP contribution in [0.15, 0.2) is 37.4 Å². The van der Waals surface area contributed by atoms with E-state index in [0.29, 0.717) is 12.1 Å². The third-order valence-corrected chi connectivity index (χ3v) is 5.63. The zero-order chi connectivity index (χ0) is 20.4. The molecule has 0 unspecified atom stereocenters. The molecule has 0 aliphatic carbocycles. The van der Waals surface area contributed by atoms with Crippen molar-refractivity contribution in [3.05, 3.63) is 37.4 Å². The summed E-state index contributed by atoms with van der Waals surface area (Å²) in [6.07, 6.45) is 14.1. The molecule has 1 saturated heterocycles. The highest BCUT2D eigenvalue weighted by Gasteiger charge is 2.23. The first-order chi connectivity index (χ1) is 13.5. The van der Waals surface area contributed by atoms with Crippen LogP contribution in [0.3, 0.4) is 0 Å². The molecule has 6 nitrogen and oxygen atoms in total. The highest BCUT2D eigenvalue weighted by Crippen LogP contribution is 2.19. The van der Waals surface area contributed by atoms with Gasteiger partial charge in [0.05, 0.1) is 12.7 Å². The molecular weight excluding hydrogens is 348 g/mol. The summed E-state index contributed by atoms with van der Waals surface area (Å²) in [6.45, 7) is 18.3. The van der Waals surface area contributed by atoms with Crippen molar-refractivity contribution in [2.75, 3.05) is 26.2 Å². The normalized spacial score (nSPS) is 17.5. The molecule has 0 N–H and O–H groups in total. The van der Waals surface area contributed by atoms with E-state index in [1.165, 1.54) is 32.5 Å². The average Bonchev–Trinajstić information content (AvgIpc) is 3.42. The van der Waals surface area contributed by atoms with Gasteiger partial charge in [0.25, 0.3) is 0 Å². The molecule has 3 heterocycles. The Morgan fingerprint density at radius 1 is 1.04 bits per heavy atom. The molecule has 0 radical (unpaired) electrons. The molecule has 2 aromatic rings. The second-order valence-corrected chi connectivity index (χ2v) is 8.38. The first-order valence-electron chi connectivity index (χ1n) is 10.9. The molecule has 0 aromatic carbocycles. The lowest BCUT2D eigenvalue weighted by molar-refractivity contribution is 0.227. The number of aryl methyl sites for hydroxylation is 1. The number of hydrogen-bond acceptors (Lipinski definition) is 4. The maximum Gasteiger partial charge on any atom is 0.0946 e. The molecule has 158 valence electrons. The van der Waals surface area contributed by atoms with Crippen LogP contribution in [0.5, 0.6) is 0 Å².